The molecule has 0 unspecified atom stereocenters. The van der Waals surface area contributed by atoms with E-state index in [1.807, 2.05) is 0 Å². The molecule has 0 saturated heterocycles. The van der Waals surface area contributed by atoms with Crippen LogP contribution in [0.15, 0.2) is 41.3 Å². The van der Waals surface area contributed by atoms with Gasteiger partial charge in [0.1, 0.15) is 16.5 Å². The Labute approximate surface area is 115 Å². The lowest BCUT2D eigenvalue weighted by atomic mass is 10.2. The maximum absolute atomic E-state index is 13.2. The van der Waals surface area contributed by atoms with Crippen molar-refractivity contribution in [3.63, 3.8) is 0 Å². The molecule has 20 heavy (non-hydrogen) atoms. The van der Waals surface area contributed by atoms with Crippen LogP contribution in [-0.4, -0.2) is 8.42 Å². The first-order valence-corrected chi connectivity index (χ1v) is 7.12. The number of halogens is 2. The van der Waals surface area contributed by atoms with Crippen molar-refractivity contribution in [3.05, 3.63) is 53.6 Å². The zero-order valence-electron chi connectivity index (χ0n) is 10.5. The standard InChI is InChI=1S/C13H12F2N2O2S/c1-8-2-3-9(14)6-12(8)17-20(18,19)13-7-10(15)4-5-11(13)16/h2-7,17H,16H2,1H3. The van der Waals surface area contributed by atoms with Crippen molar-refractivity contribution in [2.75, 3.05) is 10.5 Å². The summed E-state index contributed by atoms with van der Waals surface area (Å²) >= 11 is 0. The molecule has 2 aromatic carbocycles. The number of sulfonamides is 1. The van der Waals surface area contributed by atoms with Crippen LogP contribution in [-0.2, 0) is 10.0 Å². The zero-order valence-corrected chi connectivity index (χ0v) is 11.3. The summed E-state index contributed by atoms with van der Waals surface area (Å²) in [6.45, 7) is 1.62. The van der Waals surface area contributed by atoms with Crippen LogP contribution in [0.2, 0.25) is 0 Å². The van der Waals surface area contributed by atoms with Crippen LogP contribution >= 0.6 is 0 Å². The van der Waals surface area contributed by atoms with E-state index in [1.165, 1.54) is 12.1 Å². The van der Waals surface area contributed by atoms with Gasteiger partial charge in [0.15, 0.2) is 0 Å². The van der Waals surface area contributed by atoms with E-state index >= 15 is 0 Å². The summed E-state index contributed by atoms with van der Waals surface area (Å²) in [6.07, 6.45) is 0. The highest BCUT2D eigenvalue weighted by molar-refractivity contribution is 7.92. The van der Waals surface area contributed by atoms with Crippen LogP contribution in [0.25, 0.3) is 0 Å². The maximum Gasteiger partial charge on any atom is 0.264 e. The first kappa shape index (κ1) is 14.3. The van der Waals surface area contributed by atoms with E-state index in [1.54, 1.807) is 6.92 Å². The molecule has 0 aromatic heterocycles. The van der Waals surface area contributed by atoms with Gasteiger partial charge in [-0.1, -0.05) is 6.07 Å². The van der Waals surface area contributed by atoms with Gasteiger partial charge in [-0.2, -0.15) is 0 Å². The highest BCUT2D eigenvalue weighted by atomic mass is 32.2. The summed E-state index contributed by atoms with van der Waals surface area (Å²) in [5, 5.41) is 0. The van der Waals surface area contributed by atoms with Crippen molar-refractivity contribution in [2.24, 2.45) is 0 Å². The second-order valence-corrected chi connectivity index (χ2v) is 5.90. The second kappa shape index (κ2) is 5.09. The third kappa shape index (κ3) is 2.88. The molecule has 0 saturated carbocycles. The summed E-state index contributed by atoms with van der Waals surface area (Å²) in [5.41, 5.74) is 6.06. The number of nitrogens with one attached hydrogen (secondary N) is 1. The quantitative estimate of drug-likeness (QED) is 0.856. The summed E-state index contributed by atoms with van der Waals surface area (Å²) in [4.78, 5) is -0.388. The molecule has 7 heteroatoms. The number of anilines is 2. The lowest BCUT2D eigenvalue weighted by molar-refractivity contribution is 0.595. The van der Waals surface area contributed by atoms with E-state index < -0.39 is 21.7 Å². The Bertz CT molecular complexity index is 761. The summed E-state index contributed by atoms with van der Waals surface area (Å²) < 4.78 is 52.8. The molecule has 2 rings (SSSR count). The van der Waals surface area contributed by atoms with Gasteiger partial charge in [0.05, 0.1) is 11.4 Å². The van der Waals surface area contributed by atoms with Gasteiger partial charge in [-0.15, -0.1) is 0 Å². The highest BCUT2D eigenvalue weighted by Crippen LogP contribution is 2.24. The molecule has 2 aromatic rings. The Morgan fingerprint density at radius 2 is 1.65 bits per heavy atom. The monoisotopic (exact) mass is 298 g/mol. The summed E-state index contributed by atoms with van der Waals surface area (Å²) in [5.74, 6) is -1.31. The number of benzene rings is 2. The van der Waals surface area contributed by atoms with E-state index in [0.717, 1.165) is 24.3 Å². The SMILES string of the molecule is Cc1ccc(F)cc1NS(=O)(=O)c1cc(F)ccc1N. The van der Waals surface area contributed by atoms with Crippen molar-refractivity contribution < 1.29 is 17.2 Å². The smallest absolute Gasteiger partial charge is 0.264 e. The lowest BCUT2D eigenvalue weighted by Gasteiger charge is -2.12. The van der Waals surface area contributed by atoms with Gasteiger partial charge in [-0.25, -0.2) is 17.2 Å². The van der Waals surface area contributed by atoms with Crippen LogP contribution in [0.4, 0.5) is 20.2 Å². The molecule has 0 radical (unpaired) electrons. The third-order valence-corrected chi connectivity index (χ3v) is 4.13. The first-order valence-electron chi connectivity index (χ1n) is 5.63. The minimum Gasteiger partial charge on any atom is -0.398 e. The molecule has 0 bridgehead atoms. The minimum absolute atomic E-state index is 0.0775. The Hall–Kier alpha value is -2.15. The van der Waals surface area contributed by atoms with Gasteiger partial charge < -0.3 is 5.73 Å². The van der Waals surface area contributed by atoms with Crippen LogP contribution in [0.5, 0.6) is 0 Å². The largest absolute Gasteiger partial charge is 0.398 e. The maximum atomic E-state index is 13.2. The van der Waals surface area contributed by atoms with Crippen LogP contribution in [0.3, 0.4) is 0 Å². The van der Waals surface area contributed by atoms with E-state index in [0.29, 0.717) is 5.56 Å². The predicted molar refractivity (Wildman–Crippen MR) is 72.8 cm³/mol. The minimum atomic E-state index is -4.09. The molecule has 0 aliphatic rings. The van der Waals surface area contributed by atoms with E-state index in [2.05, 4.69) is 4.72 Å². The van der Waals surface area contributed by atoms with Gasteiger partial charge in [-0.3, -0.25) is 4.72 Å². The number of nitrogens with two attached hydrogens (primary N) is 1. The fourth-order valence-electron chi connectivity index (χ4n) is 1.64. The van der Waals surface area contributed by atoms with Gasteiger partial charge in [0.25, 0.3) is 10.0 Å². The number of aryl methyl sites for hydroxylation is 1. The number of hydrogen-bond donors (Lipinski definition) is 2. The Balaban J connectivity index is 2.46. The Morgan fingerprint density at radius 1 is 1.05 bits per heavy atom. The molecule has 0 aliphatic carbocycles. The van der Waals surface area contributed by atoms with Crippen molar-refractivity contribution in [3.8, 4) is 0 Å². The molecule has 0 amide bonds. The van der Waals surface area contributed by atoms with Crippen molar-refractivity contribution in [2.45, 2.75) is 11.8 Å². The van der Waals surface area contributed by atoms with Crippen molar-refractivity contribution in [1.82, 2.24) is 0 Å². The third-order valence-electron chi connectivity index (χ3n) is 2.71. The van der Waals surface area contributed by atoms with E-state index in [9.17, 15) is 17.2 Å². The zero-order chi connectivity index (χ0) is 14.9. The van der Waals surface area contributed by atoms with Gasteiger partial charge in [0.2, 0.25) is 0 Å². The number of hydrogen-bond acceptors (Lipinski definition) is 3. The van der Waals surface area contributed by atoms with Gasteiger partial charge >= 0.3 is 0 Å². The molecule has 106 valence electrons. The number of nitrogen functional groups attached to an aromatic ring is 1. The average molecular weight is 298 g/mol. The molecule has 0 fully saturated rings. The molecule has 0 aliphatic heterocycles. The molecule has 0 heterocycles. The topological polar surface area (TPSA) is 72.2 Å². The Kier molecular flexibility index (Phi) is 3.63. The molecule has 4 nitrogen and oxygen atoms in total. The van der Waals surface area contributed by atoms with Gasteiger partial charge in [0, 0.05) is 0 Å². The molecule has 3 N–H and O–H groups in total. The van der Waals surface area contributed by atoms with Crippen LogP contribution in [0, 0.1) is 18.6 Å². The summed E-state index contributed by atoms with van der Waals surface area (Å²) in [7, 11) is -4.09. The van der Waals surface area contributed by atoms with Crippen molar-refractivity contribution in [1.29, 1.82) is 0 Å². The molecule has 0 atom stereocenters. The average Bonchev–Trinajstić information content (AvgIpc) is 2.36. The van der Waals surface area contributed by atoms with Crippen molar-refractivity contribution >= 4 is 21.4 Å². The fourth-order valence-corrected chi connectivity index (χ4v) is 2.91. The molecular formula is C13H12F2N2O2S. The first-order chi connectivity index (χ1) is 9.29. The predicted octanol–water partition coefficient (Wildman–Crippen LogP) is 2.66. The van der Waals surface area contributed by atoms with Crippen LogP contribution in [0.1, 0.15) is 5.56 Å². The normalized spacial score (nSPS) is 11.3. The van der Waals surface area contributed by atoms with Gasteiger partial charge in [-0.05, 0) is 42.8 Å². The molecular weight excluding hydrogens is 286 g/mol. The summed E-state index contributed by atoms with van der Waals surface area (Å²) in [6, 6.07) is 6.71. The Morgan fingerprint density at radius 3 is 2.35 bits per heavy atom. The van der Waals surface area contributed by atoms with Crippen LogP contribution < -0.4 is 10.5 Å². The number of rotatable bonds is 3. The second-order valence-electron chi connectivity index (χ2n) is 4.25. The molecule has 0 spiro atoms. The van der Waals surface area contributed by atoms with E-state index in [4.69, 9.17) is 5.73 Å². The fraction of sp³-hybridized carbons (Fsp3) is 0.0769. The lowest BCUT2D eigenvalue weighted by Crippen LogP contribution is -2.16. The van der Waals surface area contributed by atoms with E-state index in [-0.39, 0.29) is 16.3 Å². The highest BCUT2D eigenvalue weighted by Gasteiger charge is 2.19.